The fourth-order valence-electron chi connectivity index (χ4n) is 5.72. The van der Waals surface area contributed by atoms with Crippen molar-refractivity contribution in [2.45, 2.75) is 53.4 Å². The summed E-state index contributed by atoms with van der Waals surface area (Å²) in [4.78, 5) is 32.8. The maximum atomic E-state index is 14.3. The van der Waals surface area contributed by atoms with Crippen molar-refractivity contribution in [2.75, 3.05) is 27.1 Å². The Bertz CT molecular complexity index is 2150. The molecule has 0 bridgehead atoms. The van der Waals surface area contributed by atoms with Crippen LogP contribution in [-0.4, -0.2) is 43.8 Å². The van der Waals surface area contributed by atoms with E-state index in [1.54, 1.807) is 43.7 Å². The molecule has 2 aliphatic rings. The van der Waals surface area contributed by atoms with Gasteiger partial charge in [-0.25, -0.2) is 9.79 Å². The zero-order valence-corrected chi connectivity index (χ0v) is 31.5. The normalized spacial score (nSPS) is 15.1. The summed E-state index contributed by atoms with van der Waals surface area (Å²) < 4.78 is 43.0. The molecule has 0 spiro atoms. The smallest absolute Gasteiger partial charge is 0.338 e. The van der Waals surface area contributed by atoms with Crippen LogP contribution >= 0.6 is 33.9 Å². The molecule has 0 fully saturated rings. The average Bonchev–Trinajstić information content (AvgIpc) is 3.67. The van der Waals surface area contributed by atoms with Gasteiger partial charge in [-0.05, 0) is 116 Å². The lowest BCUT2D eigenvalue weighted by atomic mass is 9.95. The van der Waals surface area contributed by atoms with E-state index in [1.165, 1.54) is 11.3 Å². The number of carbonyl (C=O) groups excluding carboxylic acids is 1. The van der Waals surface area contributed by atoms with Crippen LogP contribution < -0.4 is 43.3 Å². The number of rotatable bonds is 12. The quantitative estimate of drug-likeness (QED) is 0.127. The van der Waals surface area contributed by atoms with Crippen LogP contribution in [0.5, 0.6) is 34.5 Å². The van der Waals surface area contributed by atoms with E-state index >= 15 is 0 Å². The van der Waals surface area contributed by atoms with Gasteiger partial charge < -0.3 is 33.2 Å². The summed E-state index contributed by atoms with van der Waals surface area (Å²) in [6.45, 7) is 10.3. The highest BCUT2D eigenvalue weighted by Gasteiger charge is 2.34. The van der Waals surface area contributed by atoms with E-state index in [0.717, 1.165) is 14.7 Å². The van der Waals surface area contributed by atoms with Gasteiger partial charge in [0.25, 0.3) is 5.56 Å². The van der Waals surface area contributed by atoms with Crippen molar-refractivity contribution < 1.29 is 38.0 Å². The van der Waals surface area contributed by atoms with Crippen LogP contribution in [0.4, 0.5) is 0 Å². The number of aromatic nitrogens is 1. The number of allylic oxidation sites excluding steroid dienone is 1. The van der Waals surface area contributed by atoms with Crippen molar-refractivity contribution in [3.63, 3.8) is 0 Å². The summed E-state index contributed by atoms with van der Waals surface area (Å²) in [5, 5.41) is 0. The summed E-state index contributed by atoms with van der Waals surface area (Å²) >= 11 is 3.45. The number of esters is 1. The molecule has 3 heterocycles. The molecule has 4 aromatic rings. The van der Waals surface area contributed by atoms with E-state index in [0.29, 0.717) is 68.3 Å². The maximum Gasteiger partial charge on any atom is 0.338 e. The third-order valence-corrected chi connectivity index (χ3v) is 9.62. The highest BCUT2D eigenvalue weighted by atomic mass is 127. The molecule has 0 unspecified atom stereocenters. The molecular formula is C37H37IN2O9S. The minimum atomic E-state index is -0.805. The number of benzene rings is 3. The topological polar surface area (TPSA) is 116 Å². The van der Waals surface area contributed by atoms with Crippen LogP contribution in [0.15, 0.2) is 69.6 Å². The first-order valence-electron chi connectivity index (χ1n) is 16.1. The van der Waals surface area contributed by atoms with Gasteiger partial charge in [-0.2, -0.15) is 0 Å². The molecule has 11 nitrogen and oxygen atoms in total. The fourth-order valence-corrected chi connectivity index (χ4v) is 7.55. The van der Waals surface area contributed by atoms with Crippen molar-refractivity contribution in [3.8, 4) is 34.5 Å². The molecule has 0 radical (unpaired) electrons. The summed E-state index contributed by atoms with van der Waals surface area (Å²) in [6, 6.07) is 14.1. The average molecular weight is 813 g/mol. The second-order valence-corrected chi connectivity index (χ2v) is 13.8. The van der Waals surface area contributed by atoms with Crippen LogP contribution in [0.2, 0.25) is 0 Å². The van der Waals surface area contributed by atoms with Crippen LogP contribution in [-0.2, 0) is 16.1 Å². The molecule has 0 saturated carbocycles. The first-order valence-corrected chi connectivity index (χ1v) is 18.0. The molecule has 262 valence electrons. The number of halogens is 1. The van der Waals surface area contributed by atoms with E-state index in [-0.39, 0.29) is 30.6 Å². The van der Waals surface area contributed by atoms with E-state index < -0.39 is 12.0 Å². The highest BCUT2D eigenvalue weighted by molar-refractivity contribution is 14.1. The molecule has 0 amide bonds. The van der Waals surface area contributed by atoms with Crippen LogP contribution in [0.3, 0.4) is 0 Å². The van der Waals surface area contributed by atoms with Crippen LogP contribution in [0.25, 0.3) is 6.08 Å². The summed E-state index contributed by atoms with van der Waals surface area (Å²) in [5.74, 6) is 3.04. The van der Waals surface area contributed by atoms with E-state index in [1.807, 2.05) is 57.2 Å². The Morgan fingerprint density at radius 2 is 1.84 bits per heavy atom. The largest absolute Gasteiger partial charge is 0.493 e. The van der Waals surface area contributed by atoms with Gasteiger partial charge in [0.05, 0.1) is 51.8 Å². The SMILES string of the molecule is CCOC(=O)C1=C(C)N=c2s/c(=C\c3cc(I)c(OCc4ccc5c(c4)OCO5)c(OCC)c3)c(=O)n2[C@H]1c1ccc(OC(C)C)c(OC)c1. The zero-order valence-electron chi connectivity index (χ0n) is 28.5. The highest BCUT2D eigenvalue weighted by Crippen LogP contribution is 2.38. The molecule has 1 atom stereocenters. The number of hydrogen-bond donors (Lipinski definition) is 0. The molecule has 6 rings (SSSR count). The van der Waals surface area contributed by atoms with Crippen LogP contribution in [0.1, 0.15) is 57.4 Å². The minimum Gasteiger partial charge on any atom is -0.493 e. The molecule has 0 saturated heterocycles. The van der Waals surface area contributed by atoms with Crippen molar-refractivity contribution in [3.05, 3.63) is 99.7 Å². The van der Waals surface area contributed by atoms with E-state index in [9.17, 15) is 9.59 Å². The third-order valence-electron chi connectivity index (χ3n) is 7.83. The second-order valence-electron chi connectivity index (χ2n) is 11.6. The molecule has 1 aromatic heterocycles. The third kappa shape index (κ3) is 7.20. The Morgan fingerprint density at radius 1 is 1.04 bits per heavy atom. The Hall–Kier alpha value is -4.50. The van der Waals surface area contributed by atoms with Gasteiger partial charge in [-0.3, -0.25) is 9.36 Å². The lowest BCUT2D eigenvalue weighted by molar-refractivity contribution is -0.139. The predicted molar refractivity (Wildman–Crippen MR) is 196 cm³/mol. The van der Waals surface area contributed by atoms with Crippen LogP contribution in [0, 0.1) is 3.57 Å². The monoisotopic (exact) mass is 812 g/mol. The number of hydrogen-bond acceptors (Lipinski definition) is 11. The van der Waals surface area contributed by atoms with Crippen molar-refractivity contribution >= 4 is 46.0 Å². The number of carbonyl (C=O) groups is 1. The first-order chi connectivity index (χ1) is 24.1. The molecule has 0 aliphatic carbocycles. The van der Waals surface area contributed by atoms with E-state index in [2.05, 4.69) is 22.6 Å². The van der Waals surface area contributed by atoms with Gasteiger partial charge in [0, 0.05) is 0 Å². The number of ether oxygens (including phenoxy) is 7. The van der Waals surface area contributed by atoms with Gasteiger partial charge in [0.2, 0.25) is 6.79 Å². The number of thiazole rings is 1. The standard InChI is InChI=1S/C37H37IN2O9S/c1-7-44-30-15-23(13-25(38)34(30)46-18-22-9-11-26-29(14-22)48-19-47-26)16-31-35(41)40-33(24-10-12-27(49-20(3)4)28(17-24)43-6)32(36(42)45-8-2)21(5)39-37(40)50-31/h9-17,20,33H,7-8,18-19H2,1-6H3/b31-16-/t33-/m0/s1. The van der Waals surface area contributed by atoms with Gasteiger partial charge in [0.15, 0.2) is 39.3 Å². The molecule has 50 heavy (non-hydrogen) atoms. The summed E-state index contributed by atoms with van der Waals surface area (Å²) in [7, 11) is 1.55. The first kappa shape index (κ1) is 35.3. The molecular weight excluding hydrogens is 775 g/mol. The van der Waals surface area contributed by atoms with Gasteiger partial charge in [0.1, 0.15) is 6.61 Å². The Labute approximate surface area is 306 Å². The summed E-state index contributed by atoms with van der Waals surface area (Å²) in [5.41, 5.74) is 2.77. The predicted octanol–water partition coefficient (Wildman–Crippen LogP) is 5.91. The number of fused-ring (bicyclic) bond motifs is 2. The van der Waals surface area contributed by atoms with E-state index in [4.69, 9.17) is 38.2 Å². The van der Waals surface area contributed by atoms with Gasteiger partial charge in [-0.15, -0.1) is 0 Å². The molecule has 0 N–H and O–H groups in total. The Morgan fingerprint density at radius 3 is 2.58 bits per heavy atom. The second kappa shape index (κ2) is 15.2. The minimum absolute atomic E-state index is 0.0772. The fraction of sp³-hybridized carbons (Fsp3) is 0.324. The number of nitrogens with zero attached hydrogens (tertiary/aromatic N) is 2. The summed E-state index contributed by atoms with van der Waals surface area (Å²) in [6.07, 6.45) is 1.73. The lowest BCUT2D eigenvalue weighted by Crippen LogP contribution is -2.40. The maximum absolute atomic E-state index is 14.3. The van der Waals surface area contributed by atoms with Gasteiger partial charge in [-0.1, -0.05) is 23.5 Å². The van der Waals surface area contributed by atoms with Crippen molar-refractivity contribution in [2.24, 2.45) is 4.99 Å². The zero-order chi connectivity index (χ0) is 35.5. The Kier molecular flexibility index (Phi) is 10.7. The molecule has 3 aromatic carbocycles. The van der Waals surface area contributed by atoms with Crippen molar-refractivity contribution in [1.82, 2.24) is 4.57 Å². The number of methoxy groups -OCH3 is 1. The molecule has 2 aliphatic heterocycles. The Balaban J connectivity index is 1.40. The molecule has 13 heteroatoms. The van der Waals surface area contributed by atoms with Crippen molar-refractivity contribution in [1.29, 1.82) is 0 Å². The lowest BCUT2D eigenvalue weighted by Gasteiger charge is -2.25. The van der Waals surface area contributed by atoms with Gasteiger partial charge >= 0.3 is 5.97 Å².